The van der Waals surface area contributed by atoms with Crippen LogP contribution in [0, 0.1) is 0 Å². The van der Waals surface area contributed by atoms with Crippen molar-refractivity contribution in [3.05, 3.63) is 74.8 Å². The molecule has 10 heteroatoms. The molecule has 31 heavy (non-hydrogen) atoms. The number of carbonyl (C=O) groups excluding carboxylic acids is 3. The fourth-order valence-electron chi connectivity index (χ4n) is 3.00. The van der Waals surface area contributed by atoms with Gasteiger partial charge in [-0.2, -0.15) is 4.98 Å². The Labute approximate surface area is 186 Å². The molecule has 0 radical (unpaired) electrons. The van der Waals surface area contributed by atoms with Crippen LogP contribution in [0.2, 0.25) is 10.0 Å². The van der Waals surface area contributed by atoms with Crippen molar-refractivity contribution in [2.45, 2.75) is 26.4 Å². The number of amides is 2. The lowest BCUT2D eigenvalue weighted by molar-refractivity contribution is 0.0429. The number of hydrogen-bond donors (Lipinski definition) is 0. The average Bonchev–Trinajstić information content (AvgIpc) is 3.32. The van der Waals surface area contributed by atoms with E-state index in [9.17, 15) is 14.4 Å². The Morgan fingerprint density at radius 1 is 1.06 bits per heavy atom. The summed E-state index contributed by atoms with van der Waals surface area (Å²) in [5.41, 5.74) is 0.651. The zero-order valence-electron chi connectivity index (χ0n) is 16.4. The topological polar surface area (TPSA) is 103 Å². The molecule has 4 rings (SSSR count). The zero-order chi connectivity index (χ0) is 22.3. The quantitative estimate of drug-likeness (QED) is 0.403. The molecule has 2 amide bonds. The van der Waals surface area contributed by atoms with Crippen molar-refractivity contribution in [2.75, 3.05) is 4.90 Å². The summed E-state index contributed by atoms with van der Waals surface area (Å²) in [6.07, 6.45) is 0. The van der Waals surface area contributed by atoms with Crippen LogP contribution in [-0.2, 0) is 11.3 Å². The maximum Gasteiger partial charge on any atom is 0.338 e. The Bertz CT molecular complexity index is 1220. The predicted molar refractivity (Wildman–Crippen MR) is 112 cm³/mol. The third-order valence-electron chi connectivity index (χ3n) is 4.61. The van der Waals surface area contributed by atoms with Crippen molar-refractivity contribution in [1.82, 2.24) is 10.1 Å². The number of aromatic nitrogens is 2. The summed E-state index contributed by atoms with van der Waals surface area (Å²) in [5, 5.41) is 4.31. The highest BCUT2D eigenvalue weighted by atomic mass is 35.5. The standard InChI is InChI=1S/C21H15Cl2N3O5/c1-10(2)18-24-17(31-25-18)9-30-21(29)11-3-5-13-14(7-11)20(28)26(19(13)27)12-4-6-15(22)16(23)8-12/h3-8,10H,9H2,1-2H3. The maximum absolute atomic E-state index is 12.9. The Balaban J connectivity index is 1.53. The third kappa shape index (κ3) is 3.92. The predicted octanol–water partition coefficient (Wildman–Crippen LogP) is 4.66. The van der Waals surface area contributed by atoms with Crippen LogP contribution in [-0.4, -0.2) is 27.9 Å². The normalized spacial score (nSPS) is 13.1. The maximum atomic E-state index is 12.9. The molecular formula is C21H15Cl2N3O5. The SMILES string of the molecule is CC(C)c1noc(COC(=O)c2ccc3c(c2)C(=O)N(c2ccc(Cl)c(Cl)c2)C3=O)n1. The number of nitrogens with zero attached hydrogens (tertiary/aromatic N) is 3. The molecule has 2 aromatic carbocycles. The Hall–Kier alpha value is -3.23. The lowest BCUT2D eigenvalue weighted by Crippen LogP contribution is -2.29. The molecule has 158 valence electrons. The molecule has 0 atom stereocenters. The minimum Gasteiger partial charge on any atom is -0.452 e. The summed E-state index contributed by atoms with van der Waals surface area (Å²) in [4.78, 5) is 43.1. The highest BCUT2D eigenvalue weighted by molar-refractivity contribution is 6.42. The van der Waals surface area contributed by atoms with E-state index >= 15 is 0 Å². The van der Waals surface area contributed by atoms with E-state index in [4.69, 9.17) is 32.5 Å². The summed E-state index contributed by atoms with van der Waals surface area (Å²) in [5.74, 6) is -1.05. The number of benzene rings is 2. The van der Waals surface area contributed by atoms with E-state index in [2.05, 4.69) is 10.1 Å². The Morgan fingerprint density at radius 3 is 2.48 bits per heavy atom. The Kier molecular flexibility index (Phi) is 5.51. The summed E-state index contributed by atoms with van der Waals surface area (Å²) in [6.45, 7) is 3.60. The van der Waals surface area contributed by atoms with Gasteiger partial charge in [-0.1, -0.05) is 42.2 Å². The number of esters is 1. The van der Waals surface area contributed by atoms with Crippen LogP contribution in [0.5, 0.6) is 0 Å². The summed E-state index contributed by atoms with van der Waals surface area (Å²) in [7, 11) is 0. The van der Waals surface area contributed by atoms with Crippen LogP contribution in [0.15, 0.2) is 40.9 Å². The molecule has 0 saturated carbocycles. The van der Waals surface area contributed by atoms with Crippen LogP contribution in [0.4, 0.5) is 5.69 Å². The number of fused-ring (bicyclic) bond motifs is 1. The van der Waals surface area contributed by atoms with E-state index in [1.54, 1.807) is 0 Å². The van der Waals surface area contributed by atoms with Gasteiger partial charge in [0.05, 0.1) is 32.4 Å². The number of imide groups is 1. The smallest absolute Gasteiger partial charge is 0.338 e. The summed E-state index contributed by atoms with van der Waals surface area (Å²) >= 11 is 11.9. The van der Waals surface area contributed by atoms with Crippen LogP contribution in [0.3, 0.4) is 0 Å². The minimum atomic E-state index is -0.694. The van der Waals surface area contributed by atoms with Crippen molar-refractivity contribution in [3.8, 4) is 0 Å². The molecule has 1 aliphatic rings. The number of halogens is 2. The van der Waals surface area contributed by atoms with Crippen molar-refractivity contribution >= 4 is 46.7 Å². The van der Waals surface area contributed by atoms with Crippen LogP contribution < -0.4 is 4.90 Å². The molecule has 1 aromatic heterocycles. The number of ether oxygens (including phenoxy) is 1. The van der Waals surface area contributed by atoms with Crippen molar-refractivity contribution < 1.29 is 23.6 Å². The lowest BCUT2D eigenvalue weighted by Gasteiger charge is -2.14. The van der Waals surface area contributed by atoms with Gasteiger partial charge in [0, 0.05) is 5.92 Å². The second-order valence-electron chi connectivity index (χ2n) is 7.08. The first-order chi connectivity index (χ1) is 14.8. The van der Waals surface area contributed by atoms with Crippen LogP contribution >= 0.6 is 23.2 Å². The average molecular weight is 460 g/mol. The molecule has 0 bridgehead atoms. The second-order valence-corrected chi connectivity index (χ2v) is 7.90. The molecule has 0 aliphatic carbocycles. The molecule has 0 saturated heterocycles. The van der Waals surface area contributed by atoms with Gasteiger partial charge < -0.3 is 9.26 Å². The first kappa shape index (κ1) is 21.0. The zero-order valence-corrected chi connectivity index (χ0v) is 17.9. The molecule has 8 nitrogen and oxygen atoms in total. The van der Waals surface area contributed by atoms with Gasteiger partial charge in [0.15, 0.2) is 12.4 Å². The van der Waals surface area contributed by atoms with Crippen molar-refractivity contribution in [1.29, 1.82) is 0 Å². The first-order valence-electron chi connectivity index (χ1n) is 9.23. The van der Waals surface area contributed by atoms with E-state index in [1.165, 1.54) is 36.4 Å². The van der Waals surface area contributed by atoms with E-state index in [0.29, 0.717) is 10.8 Å². The third-order valence-corrected chi connectivity index (χ3v) is 5.35. The summed E-state index contributed by atoms with van der Waals surface area (Å²) in [6, 6.07) is 8.58. The van der Waals surface area contributed by atoms with Gasteiger partial charge >= 0.3 is 5.97 Å². The number of hydrogen-bond acceptors (Lipinski definition) is 7. The van der Waals surface area contributed by atoms with Gasteiger partial charge in [-0.3, -0.25) is 9.59 Å². The molecule has 1 aliphatic heterocycles. The molecule has 0 spiro atoms. The Morgan fingerprint density at radius 2 is 1.81 bits per heavy atom. The fraction of sp³-hybridized carbons (Fsp3) is 0.190. The van der Waals surface area contributed by atoms with E-state index in [1.807, 2.05) is 13.8 Å². The van der Waals surface area contributed by atoms with Crippen molar-refractivity contribution in [2.24, 2.45) is 0 Å². The van der Waals surface area contributed by atoms with Gasteiger partial charge in [-0.25, -0.2) is 9.69 Å². The lowest BCUT2D eigenvalue weighted by atomic mass is 10.1. The second kappa shape index (κ2) is 8.13. The highest BCUT2D eigenvalue weighted by Crippen LogP contribution is 2.33. The fourth-order valence-corrected chi connectivity index (χ4v) is 3.29. The van der Waals surface area contributed by atoms with Crippen LogP contribution in [0.25, 0.3) is 0 Å². The van der Waals surface area contributed by atoms with Gasteiger partial charge in [0.25, 0.3) is 17.7 Å². The largest absolute Gasteiger partial charge is 0.452 e. The van der Waals surface area contributed by atoms with E-state index in [-0.39, 0.29) is 45.8 Å². The van der Waals surface area contributed by atoms with Crippen LogP contribution in [0.1, 0.15) is 62.6 Å². The molecule has 2 heterocycles. The summed E-state index contributed by atoms with van der Waals surface area (Å²) < 4.78 is 10.2. The molecule has 0 unspecified atom stereocenters. The molecule has 3 aromatic rings. The van der Waals surface area contributed by atoms with Gasteiger partial charge in [-0.05, 0) is 36.4 Å². The van der Waals surface area contributed by atoms with Gasteiger partial charge in [0.1, 0.15) is 0 Å². The van der Waals surface area contributed by atoms with Gasteiger partial charge in [-0.15, -0.1) is 0 Å². The van der Waals surface area contributed by atoms with Gasteiger partial charge in [0.2, 0.25) is 0 Å². The molecule has 0 N–H and O–H groups in total. The number of anilines is 1. The molecule has 0 fully saturated rings. The number of rotatable bonds is 5. The van der Waals surface area contributed by atoms with E-state index in [0.717, 1.165) is 4.90 Å². The highest BCUT2D eigenvalue weighted by Gasteiger charge is 2.37. The monoisotopic (exact) mass is 459 g/mol. The number of carbonyl (C=O) groups is 3. The first-order valence-corrected chi connectivity index (χ1v) is 9.99. The molecular weight excluding hydrogens is 445 g/mol. The minimum absolute atomic E-state index is 0.0759. The van der Waals surface area contributed by atoms with Crippen molar-refractivity contribution in [3.63, 3.8) is 0 Å². The van der Waals surface area contributed by atoms with E-state index < -0.39 is 17.8 Å².